The van der Waals surface area contributed by atoms with Crippen molar-refractivity contribution in [3.05, 3.63) is 15.9 Å². The first kappa shape index (κ1) is 9.74. The van der Waals surface area contributed by atoms with Crippen LogP contribution in [0.2, 0.25) is 0 Å². The van der Waals surface area contributed by atoms with Gasteiger partial charge in [-0.05, 0) is 22.4 Å². The smallest absolute Gasteiger partial charge is 0.0766 e. The van der Waals surface area contributed by atoms with E-state index in [1.54, 1.807) is 0 Å². The summed E-state index contributed by atoms with van der Waals surface area (Å²) in [5, 5.41) is 13.1. The Morgan fingerprint density at radius 3 is 2.67 bits per heavy atom. The van der Waals surface area contributed by atoms with Gasteiger partial charge < -0.3 is 5.11 Å². The van der Waals surface area contributed by atoms with Gasteiger partial charge in [0.2, 0.25) is 0 Å². The summed E-state index contributed by atoms with van der Waals surface area (Å²) in [5.41, 5.74) is 2.12. The molecule has 0 aliphatic heterocycles. The van der Waals surface area contributed by atoms with Gasteiger partial charge in [0, 0.05) is 20.1 Å². The van der Waals surface area contributed by atoms with Crippen LogP contribution in [0.4, 0.5) is 0 Å². The molecule has 0 fully saturated rings. The molecule has 0 spiro atoms. The quantitative estimate of drug-likeness (QED) is 0.853. The van der Waals surface area contributed by atoms with Gasteiger partial charge in [-0.15, -0.1) is 0 Å². The Bertz CT molecular complexity index is 270. The van der Waals surface area contributed by atoms with Gasteiger partial charge in [-0.25, -0.2) is 0 Å². The van der Waals surface area contributed by atoms with Crippen molar-refractivity contribution < 1.29 is 5.11 Å². The van der Waals surface area contributed by atoms with Crippen molar-refractivity contribution in [2.45, 2.75) is 19.8 Å². The third-order valence-corrected chi connectivity index (χ3v) is 2.77. The largest absolute Gasteiger partial charge is 0.396 e. The average molecular weight is 233 g/mol. The first-order chi connectivity index (χ1) is 5.70. The first-order valence-electron chi connectivity index (χ1n) is 4.01. The number of hydrogen-bond acceptors (Lipinski definition) is 2. The van der Waals surface area contributed by atoms with E-state index < -0.39 is 0 Å². The first-order valence-corrected chi connectivity index (χ1v) is 4.81. The lowest BCUT2D eigenvalue weighted by Crippen LogP contribution is -2.00. The molecule has 0 radical (unpaired) electrons. The predicted molar refractivity (Wildman–Crippen MR) is 51.1 cm³/mol. The maximum atomic E-state index is 8.79. The van der Waals surface area contributed by atoms with E-state index in [9.17, 15) is 0 Å². The zero-order valence-corrected chi connectivity index (χ0v) is 8.93. The van der Waals surface area contributed by atoms with Crippen molar-refractivity contribution in [3.8, 4) is 0 Å². The SMILES string of the molecule is CCc1nn(C)c(CCO)c1Br. The lowest BCUT2D eigenvalue weighted by atomic mass is 10.2. The average Bonchev–Trinajstić information content (AvgIpc) is 2.32. The highest BCUT2D eigenvalue weighted by Crippen LogP contribution is 2.21. The van der Waals surface area contributed by atoms with Crippen LogP contribution in [0.25, 0.3) is 0 Å². The Morgan fingerprint density at radius 2 is 2.25 bits per heavy atom. The molecular weight excluding hydrogens is 220 g/mol. The molecule has 0 aliphatic rings. The molecule has 0 amide bonds. The molecule has 0 bridgehead atoms. The van der Waals surface area contributed by atoms with Crippen molar-refractivity contribution in [1.82, 2.24) is 9.78 Å². The number of rotatable bonds is 3. The van der Waals surface area contributed by atoms with Crippen LogP contribution in [0, 0.1) is 0 Å². The Morgan fingerprint density at radius 1 is 1.58 bits per heavy atom. The van der Waals surface area contributed by atoms with Crippen LogP contribution in [0.1, 0.15) is 18.3 Å². The van der Waals surface area contributed by atoms with E-state index in [2.05, 4.69) is 28.0 Å². The van der Waals surface area contributed by atoms with Gasteiger partial charge in [-0.2, -0.15) is 5.10 Å². The second kappa shape index (κ2) is 4.05. The molecule has 0 saturated carbocycles. The lowest BCUT2D eigenvalue weighted by Gasteiger charge is -1.98. The molecule has 68 valence electrons. The van der Waals surface area contributed by atoms with Gasteiger partial charge >= 0.3 is 0 Å². The van der Waals surface area contributed by atoms with Crippen LogP contribution in [0.5, 0.6) is 0 Å². The van der Waals surface area contributed by atoms with Crippen molar-refractivity contribution in [3.63, 3.8) is 0 Å². The van der Waals surface area contributed by atoms with Crippen LogP contribution >= 0.6 is 15.9 Å². The van der Waals surface area contributed by atoms with Crippen LogP contribution in [0.15, 0.2) is 4.47 Å². The molecule has 4 heteroatoms. The van der Waals surface area contributed by atoms with E-state index in [1.165, 1.54) is 0 Å². The fourth-order valence-corrected chi connectivity index (χ4v) is 2.01. The second-order valence-electron chi connectivity index (χ2n) is 2.66. The Balaban J connectivity index is 3.01. The highest BCUT2D eigenvalue weighted by Gasteiger charge is 2.10. The third kappa shape index (κ3) is 1.69. The van der Waals surface area contributed by atoms with Crippen molar-refractivity contribution in [1.29, 1.82) is 0 Å². The third-order valence-electron chi connectivity index (χ3n) is 1.85. The summed E-state index contributed by atoms with van der Waals surface area (Å²) in [6.07, 6.45) is 1.57. The highest BCUT2D eigenvalue weighted by atomic mass is 79.9. The summed E-state index contributed by atoms with van der Waals surface area (Å²) < 4.78 is 2.86. The number of aromatic nitrogens is 2. The number of aryl methyl sites for hydroxylation is 2. The highest BCUT2D eigenvalue weighted by molar-refractivity contribution is 9.10. The van der Waals surface area contributed by atoms with E-state index in [0.717, 1.165) is 22.3 Å². The number of hydrogen-bond donors (Lipinski definition) is 1. The fraction of sp³-hybridized carbons (Fsp3) is 0.625. The van der Waals surface area contributed by atoms with Crippen LogP contribution < -0.4 is 0 Å². The minimum atomic E-state index is 0.168. The van der Waals surface area contributed by atoms with Gasteiger partial charge in [-0.3, -0.25) is 4.68 Å². The molecule has 1 heterocycles. The summed E-state index contributed by atoms with van der Waals surface area (Å²) in [7, 11) is 1.90. The predicted octanol–water partition coefficient (Wildman–Crippen LogP) is 1.28. The molecule has 1 N–H and O–H groups in total. The molecule has 0 aliphatic carbocycles. The molecule has 0 aromatic carbocycles. The number of halogens is 1. The van der Waals surface area contributed by atoms with Gasteiger partial charge in [0.1, 0.15) is 0 Å². The molecule has 1 aromatic rings. The van der Waals surface area contributed by atoms with Crippen LogP contribution in [0.3, 0.4) is 0 Å². The van der Waals surface area contributed by atoms with Crippen molar-refractivity contribution >= 4 is 15.9 Å². The standard InChI is InChI=1S/C8H13BrN2O/c1-3-6-8(9)7(4-5-12)11(2)10-6/h12H,3-5H2,1-2H3. The summed E-state index contributed by atoms with van der Waals surface area (Å²) in [4.78, 5) is 0. The summed E-state index contributed by atoms with van der Waals surface area (Å²) in [6.45, 7) is 2.23. The Hall–Kier alpha value is -0.350. The molecule has 1 rings (SSSR count). The number of nitrogens with zero attached hydrogens (tertiary/aromatic N) is 2. The van der Waals surface area contributed by atoms with E-state index in [1.807, 2.05) is 11.7 Å². The maximum Gasteiger partial charge on any atom is 0.0766 e. The molecule has 3 nitrogen and oxygen atoms in total. The van der Waals surface area contributed by atoms with E-state index in [0.29, 0.717) is 6.42 Å². The van der Waals surface area contributed by atoms with Gasteiger partial charge in [0.25, 0.3) is 0 Å². The molecule has 12 heavy (non-hydrogen) atoms. The topological polar surface area (TPSA) is 38.0 Å². The summed E-state index contributed by atoms with van der Waals surface area (Å²) >= 11 is 3.47. The van der Waals surface area contributed by atoms with Gasteiger partial charge in [0.05, 0.1) is 15.9 Å². The molecule has 1 aromatic heterocycles. The monoisotopic (exact) mass is 232 g/mol. The fourth-order valence-electron chi connectivity index (χ4n) is 1.20. The van der Waals surface area contributed by atoms with E-state index in [-0.39, 0.29) is 6.61 Å². The normalized spacial score (nSPS) is 10.7. The molecule has 0 saturated heterocycles. The molecule has 0 atom stereocenters. The van der Waals surface area contributed by atoms with Crippen LogP contribution in [-0.2, 0) is 19.9 Å². The zero-order chi connectivity index (χ0) is 9.14. The van der Waals surface area contributed by atoms with Crippen molar-refractivity contribution in [2.24, 2.45) is 7.05 Å². The van der Waals surface area contributed by atoms with E-state index >= 15 is 0 Å². The number of aliphatic hydroxyl groups excluding tert-OH is 1. The zero-order valence-electron chi connectivity index (χ0n) is 7.34. The Labute approximate surface area is 80.5 Å². The minimum Gasteiger partial charge on any atom is -0.396 e. The van der Waals surface area contributed by atoms with Gasteiger partial charge in [-0.1, -0.05) is 6.92 Å². The minimum absolute atomic E-state index is 0.168. The lowest BCUT2D eigenvalue weighted by molar-refractivity contribution is 0.296. The van der Waals surface area contributed by atoms with Gasteiger partial charge in [0.15, 0.2) is 0 Å². The summed E-state index contributed by atoms with van der Waals surface area (Å²) in [6, 6.07) is 0. The summed E-state index contributed by atoms with van der Waals surface area (Å²) in [5.74, 6) is 0. The molecular formula is C8H13BrN2O. The second-order valence-corrected chi connectivity index (χ2v) is 3.45. The Kier molecular flexibility index (Phi) is 3.29. The van der Waals surface area contributed by atoms with E-state index in [4.69, 9.17) is 5.11 Å². The van der Waals surface area contributed by atoms with Crippen molar-refractivity contribution in [2.75, 3.05) is 6.61 Å². The maximum absolute atomic E-state index is 8.79. The molecule has 0 unspecified atom stereocenters. The number of aliphatic hydroxyl groups is 1. The van der Waals surface area contributed by atoms with Crippen LogP contribution in [-0.4, -0.2) is 21.5 Å².